The van der Waals surface area contributed by atoms with E-state index in [1.165, 1.54) is 32.1 Å². The fourth-order valence-corrected chi connectivity index (χ4v) is 2.76. The maximum atomic E-state index is 11.6. The minimum Gasteiger partial charge on any atom is -0.466 e. The van der Waals surface area contributed by atoms with Gasteiger partial charge in [-0.1, -0.05) is 57.6 Å². The molecular weight excluding hydrogens is 364 g/mol. The van der Waals surface area contributed by atoms with E-state index in [1.54, 1.807) is 0 Å². The minimum absolute atomic E-state index is 0.101. The molecule has 0 bridgehead atoms. The fraction of sp³-hybridized carbons (Fsp3) is 0.818. The molecule has 0 rings (SSSR count). The number of carbonyl (C=O) groups excluding carboxylic acids is 2. The van der Waals surface area contributed by atoms with Gasteiger partial charge < -0.3 is 9.47 Å². The summed E-state index contributed by atoms with van der Waals surface area (Å²) >= 11 is 5.63. The van der Waals surface area contributed by atoms with Crippen molar-refractivity contribution >= 4 is 23.5 Å². The molecule has 5 heteroatoms. The van der Waals surface area contributed by atoms with E-state index >= 15 is 0 Å². The van der Waals surface area contributed by atoms with Crippen LogP contribution in [0.4, 0.5) is 0 Å². The highest BCUT2D eigenvalue weighted by Gasteiger charge is 2.08. The molecule has 0 aromatic rings. The fourth-order valence-electron chi connectivity index (χ4n) is 2.57. The lowest BCUT2D eigenvalue weighted by molar-refractivity contribution is -0.150. The van der Waals surface area contributed by atoms with Gasteiger partial charge >= 0.3 is 11.9 Å². The molecular formula is C22H39ClO4. The van der Waals surface area contributed by atoms with Gasteiger partial charge in [-0.2, -0.15) is 0 Å². The van der Waals surface area contributed by atoms with Crippen molar-refractivity contribution in [2.75, 3.05) is 19.1 Å². The van der Waals surface area contributed by atoms with E-state index in [4.69, 9.17) is 21.1 Å². The van der Waals surface area contributed by atoms with E-state index < -0.39 is 0 Å². The summed E-state index contributed by atoms with van der Waals surface area (Å²) in [6, 6.07) is 0. The van der Waals surface area contributed by atoms with Crippen LogP contribution in [0, 0.1) is 0 Å². The summed E-state index contributed by atoms with van der Waals surface area (Å²) in [7, 11) is 0. The Morgan fingerprint density at radius 2 is 1.22 bits per heavy atom. The first-order valence-corrected chi connectivity index (χ1v) is 11.3. The Bertz CT molecular complexity index is 383. The van der Waals surface area contributed by atoms with Gasteiger partial charge in [0.2, 0.25) is 0 Å². The van der Waals surface area contributed by atoms with Crippen molar-refractivity contribution in [1.29, 1.82) is 0 Å². The van der Waals surface area contributed by atoms with Gasteiger partial charge in [0.25, 0.3) is 0 Å². The second-order valence-corrected chi connectivity index (χ2v) is 7.24. The smallest absolute Gasteiger partial charge is 0.306 e. The van der Waals surface area contributed by atoms with Gasteiger partial charge in [0, 0.05) is 5.88 Å². The van der Waals surface area contributed by atoms with E-state index in [0.29, 0.717) is 13.2 Å². The molecule has 0 aromatic heterocycles. The zero-order chi connectivity index (χ0) is 20.0. The lowest BCUT2D eigenvalue weighted by Crippen LogP contribution is -2.11. The number of esters is 2. The molecule has 0 fully saturated rings. The maximum Gasteiger partial charge on any atom is 0.306 e. The Morgan fingerprint density at radius 1 is 0.704 bits per heavy atom. The van der Waals surface area contributed by atoms with Crippen molar-refractivity contribution in [2.24, 2.45) is 0 Å². The van der Waals surface area contributed by atoms with Gasteiger partial charge in [0.1, 0.15) is 0 Å². The molecule has 0 saturated heterocycles. The van der Waals surface area contributed by atoms with Gasteiger partial charge in [-0.15, -0.1) is 11.6 Å². The third-order valence-corrected chi connectivity index (χ3v) is 4.51. The summed E-state index contributed by atoms with van der Waals surface area (Å²) in [5, 5.41) is 0. The Labute approximate surface area is 171 Å². The largest absolute Gasteiger partial charge is 0.466 e. The molecule has 0 aromatic carbocycles. The van der Waals surface area contributed by atoms with Crippen LogP contribution in [-0.4, -0.2) is 31.0 Å². The summed E-state index contributed by atoms with van der Waals surface area (Å²) in [6.07, 6.45) is 17.7. The Balaban J connectivity index is 3.39. The van der Waals surface area contributed by atoms with Crippen molar-refractivity contribution in [2.45, 2.75) is 96.8 Å². The van der Waals surface area contributed by atoms with Crippen molar-refractivity contribution in [3.63, 3.8) is 0 Å². The van der Waals surface area contributed by atoms with E-state index in [-0.39, 0.29) is 24.8 Å². The lowest BCUT2D eigenvalue weighted by Gasteiger charge is -2.06. The summed E-state index contributed by atoms with van der Waals surface area (Å²) in [4.78, 5) is 23.2. The summed E-state index contributed by atoms with van der Waals surface area (Å²) in [5.41, 5.74) is 0. The number of allylic oxidation sites excluding steroid dienone is 2. The standard InChI is InChI=1S/C22H39ClO4/c1-2-3-4-5-6-8-11-14-19-26-21(24)16-17-22(25)27-20-15-12-9-7-10-13-18-23/h6,8H,2-5,7,9-20H2,1H3/b8-6+. The third-order valence-electron chi connectivity index (χ3n) is 4.24. The molecule has 0 N–H and O–H groups in total. The Kier molecular flexibility index (Phi) is 20.5. The highest BCUT2D eigenvalue weighted by atomic mass is 35.5. The van der Waals surface area contributed by atoms with Crippen molar-refractivity contribution in [1.82, 2.24) is 0 Å². The van der Waals surface area contributed by atoms with Gasteiger partial charge in [-0.05, 0) is 38.5 Å². The van der Waals surface area contributed by atoms with Crippen LogP contribution in [0.5, 0.6) is 0 Å². The number of carbonyl (C=O) groups is 2. The molecule has 158 valence electrons. The van der Waals surface area contributed by atoms with Crippen LogP contribution < -0.4 is 0 Å². The van der Waals surface area contributed by atoms with Crippen LogP contribution in [0.1, 0.15) is 96.8 Å². The van der Waals surface area contributed by atoms with Gasteiger partial charge in [0.15, 0.2) is 0 Å². The number of alkyl halides is 1. The van der Waals surface area contributed by atoms with Crippen LogP contribution in [-0.2, 0) is 19.1 Å². The molecule has 0 saturated carbocycles. The number of unbranched alkanes of at least 4 members (excludes halogenated alkanes) is 9. The second-order valence-electron chi connectivity index (χ2n) is 6.86. The van der Waals surface area contributed by atoms with Crippen LogP contribution in [0.3, 0.4) is 0 Å². The van der Waals surface area contributed by atoms with Crippen LogP contribution in [0.15, 0.2) is 12.2 Å². The Hall–Kier alpha value is -1.03. The average molecular weight is 403 g/mol. The normalized spacial score (nSPS) is 11.0. The monoisotopic (exact) mass is 402 g/mol. The first-order valence-electron chi connectivity index (χ1n) is 10.7. The highest BCUT2D eigenvalue weighted by molar-refractivity contribution is 6.17. The lowest BCUT2D eigenvalue weighted by atomic mass is 10.1. The Morgan fingerprint density at radius 3 is 1.81 bits per heavy atom. The predicted molar refractivity (Wildman–Crippen MR) is 112 cm³/mol. The first-order chi connectivity index (χ1) is 13.2. The third kappa shape index (κ3) is 21.1. The number of hydrogen-bond donors (Lipinski definition) is 0. The number of ether oxygens (including phenoxy) is 2. The summed E-state index contributed by atoms with van der Waals surface area (Å²) in [6.45, 7) is 3.05. The van der Waals surface area contributed by atoms with Gasteiger partial charge in [-0.3, -0.25) is 9.59 Å². The molecule has 0 atom stereocenters. The highest BCUT2D eigenvalue weighted by Crippen LogP contribution is 2.07. The van der Waals surface area contributed by atoms with Crippen molar-refractivity contribution < 1.29 is 19.1 Å². The molecule has 4 nitrogen and oxygen atoms in total. The van der Waals surface area contributed by atoms with E-state index in [2.05, 4.69) is 19.1 Å². The molecule has 0 aliphatic heterocycles. The SMILES string of the molecule is CCCCC/C=C/CCCOC(=O)CCC(=O)OCCCCCCCCCl. The van der Waals surface area contributed by atoms with E-state index in [0.717, 1.165) is 50.8 Å². The van der Waals surface area contributed by atoms with Crippen molar-refractivity contribution in [3.05, 3.63) is 12.2 Å². The second kappa shape index (κ2) is 21.3. The van der Waals surface area contributed by atoms with Crippen molar-refractivity contribution in [3.8, 4) is 0 Å². The van der Waals surface area contributed by atoms with Gasteiger partial charge in [0.05, 0.1) is 26.1 Å². The minimum atomic E-state index is -0.321. The first kappa shape index (κ1) is 26.0. The van der Waals surface area contributed by atoms with E-state index in [1.807, 2.05) is 0 Å². The molecule has 0 spiro atoms. The molecule has 27 heavy (non-hydrogen) atoms. The summed E-state index contributed by atoms with van der Waals surface area (Å²) in [5.74, 6) is 0.0956. The molecule has 0 unspecified atom stereocenters. The molecule has 0 aliphatic rings. The predicted octanol–water partition coefficient (Wildman–Crippen LogP) is 6.35. The summed E-state index contributed by atoms with van der Waals surface area (Å²) < 4.78 is 10.3. The van der Waals surface area contributed by atoms with Crippen LogP contribution >= 0.6 is 11.6 Å². The van der Waals surface area contributed by atoms with Crippen LogP contribution in [0.25, 0.3) is 0 Å². The quantitative estimate of drug-likeness (QED) is 0.109. The number of halogens is 1. The zero-order valence-corrected chi connectivity index (χ0v) is 17.9. The molecule has 0 aliphatic carbocycles. The maximum absolute atomic E-state index is 11.6. The average Bonchev–Trinajstić information content (AvgIpc) is 2.67. The van der Waals surface area contributed by atoms with E-state index in [9.17, 15) is 9.59 Å². The topological polar surface area (TPSA) is 52.6 Å². The molecule has 0 radical (unpaired) electrons. The molecule has 0 amide bonds. The molecule has 0 heterocycles. The van der Waals surface area contributed by atoms with Gasteiger partial charge in [-0.25, -0.2) is 0 Å². The number of hydrogen-bond acceptors (Lipinski definition) is 4. The zero-order valence-electron chi connectivity index (χ0n) is 17.2. The number of rotatable bonds is 19. The van der Waals surface area contributed by atoms with Crippen LogP contribution in [0.2, 0.25) is 0 Å².